The van der Waals surface area contributed by atoms with Gasteiger partial charge in [-0.1, -0.05) is 0 Å². The molecule has 1 aliphatic rings. The molecular formula is C13H12N4O4. The summed E-state index contributed by atoms with van der Waals surface area (Å²) in [6.45, 7) is 2.21. The molecule has 1 N–H and O–H groups in total. The van der Waals surface area contributed by atoms with Gasteiger partial charge in [-0.3, -0.25) is 10.1 Å². The zero-order valence-corrected chi connectivity index (χ0v) is 11.2. The lowest BCUT2D eigenvalue weighted by Crippen LogP contribution is -2.05. The van der Waals surface area contributed by atoms with Crippen molar-refractivity contribution in [2.24, 2.45) is 0 Å². The Bertz CT molecular complexity index is 705. The summed E-state index contributed by atoms with van der Waals surface area (Å²) in [5.74, 6) is 1.52. The number of nitro groups is 1. The van der Waals surface area contributed by atoms with Gasteiger partial charge in [0.25, 0.3) is 5.69 Å². The van der Waals surface area contributed by atoms with Crippen LogP contribution in [-0.4, -0.2) is 21.7 Å². The molecular weight excluding hydrogens is 276 g/mol. The average Bonchev–Trinajstić information content (AvgIpc) is 2.91. The fraction of sp³-hybridized carbons (Fsp3) is 0.231. The SMILES string of the molecule is Cc1nccc(CNc2cc3c(cc2[N+](=O)[O-])OCO3)n1. The van der Waals surface area contributed by atoms with Gasteiger partial charge in [0.1, 0.15) is 11.5 Å². The summed E-state index contributed by atoms with van der Waals surface area (Å²) < 4.78 is 10.4. The number of benzene rings is 1. The topological polar surface area (TPSA) is 99.4 Å². The van der Waals surface area contributed by atoms with Crippen molar-refractivity contribution in [1.29, 1.82) is 0 Å². The summed E-state index contributed by atoms with van der Waals surface area (Å²) in [5, 5.41) is 14.1. The van der Waals surface area contributed by atoms with Gasteiger partial charge in [0.05, 0.1) is 23.2 Å². The van der Waals surface area contributed by atoms with E-state index < -0.39 is 4.92 Å². The predicted octanol–water partition coefficient (Wildman–Crippen LogP) is 2.03. The van der Waals surface area contributed by atoms with E-state index in [9.17, 15) is 10.1 Å². The molecule has 2 aromatic rings. The summed E-state index contributed by atoms with van der Waals surface area (Å²) in [7, 11) is 0. The second-order valence-corrected chi connectivity index (χ2v) is 4.43. The Morgan fingerprint density at radius 2 is 2.14 bits per heavy atom. The van der Waals surface area contributed by atoms with E-state index in [1.54, 1.807) is 25.3 Å². The first-order chi connectivity index (χ1) is 10.1. The van der Waals surface area contributed by atoms with Gasteiger partial charge in [-0.15, -0.1) is 0 Å². The van der Waals surface area contributed by atoms with Crippen LogP contribution in [0.5, 0.6) is 11.5 Å². The van der Waals surface area contributed by atoms with Gasteiger partial charge < -0.3 is 14.8 Å². The van der Waals surface area contributed by atoms with Crippen molar-refractivity contribution in [2.45, 2.75) is 13.5 Å². The van der Waals surface area contributed by atoms with Crippen LogP contribution in [0.1, 0.15) is 11.5 Å². The molecule has 0 atom stereocenters. The van der Waals surface area contributed by atoms with Crippen LogP contribution >= 0.6 is 0 Å². The van der Waals surface area contributed by atoms with Crippen molar-refractivity contribution in [3.63, 3.8) is 0 Å². The van der Waals surface area contributed by atoms with Crippen LogP contribution in [0.15, 0.2) is 24.4 Å². The van der Waals surface area contributed by atoms with Crippen LogP contribution in [-0.2, 0) is 6.54 Å². The molecule has 0 saturated heterocycles. The molecule has 0 aliphatic carbocycles. The Balaban J connectivity index is 1.86. The van der Waals surface area contributed by atoms with Gasteiger partial charge in [-0.25, -0.2) is 9.97 Å². The van der Waals surface area contributed by atoms with E-state index in [1.165, 1.54) is 6.07 Å². The standard InChI is InChI=1S/C13H12N4O4/c1-8-14-3-2-9(16-8)6-15-10-4-12-13(21-7-20-12)5-11(10)17(18)19/h2-5,15H,6-7H2,1H3. The molecule has 21 heavy (non-hydrogen) atoms. The van der Waals surface area contributed by atoms with E-state index >= 15 is 0 Å². The molecule has 1 aromatic heterocycles. The van der Waals surface area contributed by atoms with Gasteiger partial charge in [-0.2, -0.15) is 0 Å². The number of hydrogen-bond donors (Lipinski definition) is 1. The highest BCUT2D eigenvalue weighted by molar-refractivity contribution is 5.68. The molecule has 8 heteroatoms. The largest absolute Gasteiger partial charge is 0.454 e. The molecule has 1 aliphatic heterocycles. The third-order valence-corrected chi connectivity index (χ3v) is 2.98. The highest BCUT2D eigenvalue weighted by atomic mass is 16.7. The lowest BCUT2D eigenvalue weighted by atomic mass is 10.2. The van der Waals surface area contributed by atoms with E-state index in [0.29, 0.717) is 29.6 Å². The van der Waals surface area contributed by atoms with Crippen LogP contribution in [0.2, 0.25) is 0 Å². The Labute approximate surface area is 119 Å². The quantitative estimate of drug-likeness (QED) is 0.678. The van der Waals surface area contributed by atoms with Gasteiger partial charge in [0.2, 0.25) is 6.79 Å². The number of aryl methyl sites for hydroxylation is 1. The summed E-state index contributed by atoms with van der Waals surface area (Å²) in [4.78, 5) is 18.9. The number of anilines is 1. The number of ether oxygens (including phenoxy) is 2. The molecule has 3 rings (SSSR count). The molecule has 1 aromatic carbocycles. The second kappa shape index (κ2) is 5.23. The van der Waals surface area contributed by atoms with E-state index in [4.69, 9.17) is 9.47 Å². The predicted molar refractivity (Wildman–Crippen MR) is 73.3 cm³/mol. The third-order valence-electron chi connectivity index (χ3n) is 2.98. The van der Waals surface area contributed by atoms with Crippen LogP contribution < -0.4 is 14.8 Å². The smallest absolute Gasteiger partial charge is 0.296 e. The van der Waals surface area contributed by atoms with Crippen LogP contribution in [0, 0.1) is 17.0 Å². The van der Waals surface area contributed by atoms with Crippen LogP contribution in [0.25, 0.3) is 0 Å². The maximum Gasteiger partial charge on any atom is 0.296 e. The highest BCUT2D eigenvalue weighted by Gasteiger charge is 2.23. The summed E-state index contributed by atoms with van der Waals surface area (Å²) in [6.07, 6.45) is 1.65. The summed E-state index contributed by atoms with van der Waals surface area (Å²) in [5.41, 5.74) is 1.04. The third kappa shape index (κ3) is 2.69. The van der Waals surface area contributed by atoms with Crippen molar-refractivity contribution in [3.05, 3.63) is 46.0 Å². The zero-order valence-electron chi connectivity index (χ0n) is 11.2. The Hall–Kier alpha value is -2.90. The molecule has 2 heterocycles. The molecule has 108 valence electrons. The van der Waals surface area contributed by atoms with E-state index in [0.717, 1.165) is 5.69 Å². The highest BCUT2D eigenvalue weighted by Crippen LogP contribution is 2.40. The molecule has 0 radical (unpaired) electrons. The number of rotatable bonds is 4. The van der Waals surface area contributed by atoms with Crippen molar-refractivity contribution < 1.29 is 14.4 Å². The van der Waals surface area contributed by atoms with Crippen molar-refractivity contribution in [2.75, 3.05) is 12.1 Å². The molecule has 0 spiro atoms. The number of nitro benzene ring substituents is 1. The van der Waals surface area contributed by atoms with Gasteiger partial charge in [0.15, 0.2) is 11.5 Å². The van der Waals surface area contributed by atoms with Crippen molar-refractivity contribution >= 4 is 11.4 Å². The maximum absolute atomic E-state index is 11.1. The molecule has 0 saturated carbocycles. The number of nitrogens with one attached hydrogen (secondary N) is 1. The summed E-state index contributed by atoms with van der Waals surface area (Å²) >= 11 is 0. The number of hydrogen-bond acceptors (Lipinski definition) is 7. The number of aromatic nitrogens is 2. The average molecular weight is 288 g/mol. The zero-order chi connectivity index (χ0) is 14.8. The van der Waals surface area contributed by atoms with Gasteiger partial charge in [0, 0.05) is 12.3 Å². The number of nitrogens with zero attached hydrogens (tertiary/aromatic N) is 3. The fourth-order valence-electron chi connectivity index (χ4n) is 2.01. The minimum atomic E-state index is -0.463. The molecule has 0 fully saturated rings. The second-order valence-electron chi connectivity index (χ2n) is 4.43. The normalized spacial score (nSPS) is 12.2. The van der Waals surface area contributed by atoms with E-state index in [1.807, 2.05) is 0 Å². The van der Waals surface area contributed by atoms with Gasteiger partial charge in [-0.05, 0) is 13.0 Å². The van der Waals surface area contributed by atoms with Crippen molar-refractivity contribution in [3.8, 4) is 11.5 Å². The van der Waals surface area contributed by atoms with Crippen molar-refractivity contribution in [1.82, 2.24) is 9.97 Å². The molecule has 0 amide bonds. The minimum absolute atomic E-state index is 0.0648. The molecule has 0 bridgehead atoms. The summed E-state index contributed by atoms with van der Waals surface area (Å²) in [6, 6.07) is 4.67. The van der Waals surface area contributed by atoms with E-state index in [-0.39, 0.29) is 12.5 Å². The Kier molecular flexibility index (Phi) is 3.27. The fourth-order valence-corrected chi connectivity index (χ4v) is 2.01. The first kappa shape index (κ1) is 13.1. The monoisotopic (exact) mass is 288 g/mol. The van der Waals surface area contributed by atoms with Crippen LogP contribution in [0.3, 0.4) is 0 Å². The van der Waals surface area contributed by atoms with E-state index in [2.05, 4.69) is 15.3 Å². The number of fused-ring (bicyclic) bond motifs is 1. The van der Waals surface area contributed by atoms with Crippen LogP contribution in [0.4, 0.5) is 11.4 Å². The first-order valence-corrected chi connectivity index (χ1v) is 6.24. The van der Waals surface area contributed by atoms with Gasteiger partial charge >= 0.3 is 0 Å². The maximum atomic E-state index is 11.1. The lowest BCUT2D eigenvalue weighted by molar-refractivity contribution is -0.384. The first-order valence-electron chi connectivity index (χ1n) is 6.24. The molecule has 8 nitrogen and oxygen atoms in total. The minimum Gasteiger partial charge on any atom is -0.454 e. The lowest BCUT2D eigenvalue weighted by Gasteiger charge is -2.08. The Morgan fingerprint density at radius 3 is 2.86 bits per heavy atom. The molecule has 0 unspecified atom stereocenters. The Morgan fingerprint density at radius 1 is 1.38 bits per heavy atom.